The monoisotopic (exact) mass is 466 g/mol. The standard InChI is InChI=1S/C21H23ClN2O6S/c1-3-7-29-19(26)14-10-13(5-6-15(14)22)24-18(25)16-9-12(11-23-16)17(21(28)31)20(27)30-8-4-2/h3-6,10,12,16-17,23H,1-2,7-9,11H2,(H,24,25)(H,28,31)/t12-,16+,17?/m1/s1. The highest BCUT2D eigenvalue weighted by molar-refractivity contribution is 7.96. The summed E-state index contributed by atoms with van der Waals surface area (Å²) >= 11 is 9.84. The maximum Gasteiger partial charge on any atom is 0.340 e. The van der Waals surface area contributed by atoms with Crippen LogP contribution >= 0.6 is 24.2 Å². The van der Waals surface area contributed by atoms with Crippen LogP contribution in [0, 0.1) is 11.8 Å². The molecule has 0 bridgehead atoms. The minimum absolute atomic E-state index is 0.0193. The minimum Gasteiger partial charge on any atom is -0.461 e. The molecule has 1 amide bonds. The van der Waals surface area contributed by atoms with Crippen LogP contribution in [0.1, 0.15) is 16.8 Å². The molecule has 0 spiro atoms. The second kappa shape index (κ2) is 11.7. The van der Waals surface area contributed by atoms with Gasteiger partial charge in [0.15, 0.2) is 5.12 Å². The van der Waals surface area contributed by atoms with Crippen molar-refractivity contribution in [3.8, 4) is 0 Å². The van der Waals surface area contributed by atoms with E-state index in [9.17, 15) is 19.2 Å². The van der Waals surface area contributed by atoms with Crippen molar-refractivity contribution < 1.29 is 28.7 Å². The van der Waals surface area contributed by atoms with Crippen molar-refractivity contribution in [3.63, 3.8) is 0 Å². The lowest BCUT2D eigenvalue weighted by Crippen LogP contribution is -2.35. The highest BCUT2D eigenvalue weighted by Gasteiger charge is 2.41. The van der Waals surface area contributed by atoms with Crippen LogP contribution in [0.4, 0.5) is 5.69 Å². The highest BCUT2D eigenvalue weighted by Crippen LogP contribution is 2.27. The van der Waals surface area contributed by atoms with Gasteiger partial charge >= 0.3 is 11.9 Å². The zero-order valence-electron chi connectivity index (χ0n) is 16.6. The molecule has 8 nitrogen and oxygen atoms in total. The van der Waals surface area contributed by atoms with Gasteiger partial charge in [-0.1, -0.05) is 36.9 Å². The Labute approximate surface area is 190 Å². The Hall–Kier alpha value is -2.62. The Kier molecular flexibility index (Phi) is 9.29. The first-order valence-corrected chi connectivity index (χ1v) is 10.2. The normalized spacial score (nSPS) is 18.5. The van der Waals surface area contributed by atoms with Crippen LogP contribution in [0.2, 0.25) is 5.02 Å². The number of carbonyl (C=O) groups excluding carboxylic acids is 4. The Morgan fingerprint density at radius 1 is 1.23 bits per heavy atom. The fraction of sp³-hybridized carbons (Fsp3) is 0.333. The summed E-state index contributed by atoms with van der Waals surface area (Å²) in [6.45, 7) is 7.20. The van der Waals surface area contributed by atoms with Gasteiger partial charge in [-0.15, -0.1) is 12.6 Å². The molecule has 166 valence electrons. The van der Waals surface area contributed by atoms with Crippen LogP contribution in [0.15, 0.2) is 43.5 Å². The molecule has 1 unspecified atom stereocenters. The van der Waals surface area contributed by atoms with E-state index in [-0.39, 0.29) is 42.7 Å². The number of nitrogens with one attached hydrogen (secondary N) is 2. The summed E-state index contributed by atoms with van der Waals surface area (Å²) in [5, 5.41) is 5.24. The minimum atomic E-state index is -1.09. The Morgan fingerprint density at radius 2 is 1.90 bits per heavy atom. The van der Waals surface area contributed by atoms with Crippen LogP contribution in [0.3, 0.4) is 0 Å². The van der Waals surface area contributed by atoms with E-state index in [1.54, 1.807) is 6.07 Å². The molecule has 1 aromatic rings. The third-order valence-electron chi connectivity index (χ3n) is 4.60. The summed E-state index contributed by atoms with van der Waals surface area (Å²) < 4.78 is 9.95. The first-order valence-electron chi connectivity index (χ1n) is 9.40. The molecule has 0 aliphatic carbocycles. The molecule has 1 fully saturated rings. The van der Waals surface area contributed by atoms with Gasteiger partial charge in [0.25, 0.3) is 0 Å². The Morgan fingerprint density at radius 3 is 2.55 bits per heavy atom. The maximum atomic E-state index is 12.7. The van der Waals surface area contributed by atoms with E-state index in [0.717, 1.165) is 0 Å². The van der Waals surface area contributed by atoms with Crippen molar-refractivity contribution in [2.75, 3.05) is 25.1 Å². The molecule has 0 radical (unpaired) electrons. The molecular formula is C21H23ClN2O6S. The second-order valence-electron chi connectivity index (χ2n) is 6.76. The summed E-state index contributed by atoms with van der Waals surface area (Å²) in [5.74, 6) is -3.27. The third-order valence-corrected chi connectivity index (χ3v) is 5.21. The first-order chi connectivity index (χ1) is 14.8. The number of esters is 2. The molecule has 10 heteroatoms. The van der Waals surface area contributed by atoms with E-state index < -0.39 is 34.9 Å². The SMILES string of the molecule is C=CCOC(=O)c1cc(NC(=O)[C@@H]2C[C@@H](C(C(=O)S)C(=O)OCC=C)CN2)ccc1Cl. The van der Waals surface area contributed by atoms with Gasteiger partial charge in [0.1, 0.15) is 19.1 Å². The van der Waals surface area contributed by atoms with Gasteiger partial charge in [0.05, 0.1) is 16.6 Å². The molecule has 2 N–H and O–H groups in total. The number of benzene rings is 1. The summed E-state index contributed by atoms with van der Waals surface area (Å²) in [4.78, 5) is 48.8. The number of rotatable bonds is 10. The molecule has 31 heavy (non-hydrogen) atoms. The topological polar surface area (TPSA) is 111 Å². The fourth-order valence-electron chi connectivity index (χ4n) is 3.14. The molecule has 3 atom stereocenters. The van der Waals surface area contributed by atoms with Gasteiger partial charge in [-0.25, -0.2) is 4.79 Å². The van der Waals surface area contributed by atoms with E-state index in [1.807, 2.05) is 0 Å². The number of hydrogen-bond donors (Lipinski definition) is 3. The number of halogens is 1. The molecule has 0 saturated carbocycles. The summed E-state index contributed by atoms with van der Waals surface area (Å²) in [6, 6.07) is 3.77. The smallest absolute Gasteiger partial charge is 0.340 e. The Bertz CT molecular complexity index is 891. The Balaban J connectivity index is 2.04. The maximum absolute atomic E-state index is 12.7. The van der Waals surface area contributed by atoms with Crippen LogP contribution in [0.25, 0.3) is 0 Å². The highest BCUT2D eigenvalue weighted by atomic mass is 35.5. The molecule has 1 aromatic carbocycles. The van der Waals surface area contributed by atoms with Crippen molar-refractivity contribution >= 4 is 52.9 Å². The summed E-state index contributed by atoms with van der Waals surface area (Å²) in [7, 11) is 0. The number of amides is 1. The summed E-state index contributed by atoms with van der Waals surface area (Å²) in [5.41, 5.74) is 0.446. The third kappa shape index (κ3) is 6.68. The van der Waals surface area contributed by atoms with Gasteiger partial charge in [-0.3, -0.25) is 14.4 Å². The quantitative estimate of drug-likeness (QED) is 0.210. The van der Waals surface area contributed by atoms with E-state index >= 15 is 0 Å². The molecule has 1 heterocycles. The van der Waals surface area contributed by atoms with Crippen LogP contribution in [-0.4, -0.2) is 48.8 Å². The summed E-state index contributed by atoms with van der Waals surface area (Å²) in [6.07, 6.45) is 3.05. The van der Waals surface area contributed by atoms with Crippen molar-refractivity contribution in [2.24, 2.45) is 11.8 Å². The van der Waals surface area contributed by atoms with Crippen LogP contribution in [0.5, 0.6) is 0 Å². The predicted molar refractivity (Wildman–Crippen MR) is 119 cm³/mol. The van der Waals surface area contributed by atoms with Crippen molar-refractivity contribution in [1.29, 1.82) is 0 Å². The average Bonchev–Trinajstić information content (AvgIpc) is 3.21. The average molecular weight is 467 g/mol. The van der Waals surface area contributed by atoms with E-state index in [0.29, 0.717) is 5.69 Å². The van der Waals surface area contributed by atoms with Crippen LogP contribution < -0.4 is 10.6 Å². The molecule has 1 aliphatic rings. The second-order valence-corrected chi connectivity index (χ2v) is 7.61. The van der Waals surface area contributed by atoms with Gasteiger partial charge in [0, 0.05) is 12.2 Å². The predicted octanol–water partition coefficient (Wildman–Crippen LogP) is 2.40. The van der Waals surface area contributed by atoms with Gasteiger partial charge in [0.2, 0.25) is 5.91 Å². The zero-order valence-corrected chi connectivity index (χ0v) is 18.3. The molecule has 0 aromatic heterocycles. The van der Waals surface area contributed by atoms with Crippen LogP contribution in [-0.2, 0) is 23.9 Å². The lowest BCUT2D eigenvalue weighted by atomic mass is 9.90. The lowest BCUT2D eigenvalue weighted by molar-refractivity contribution is -0.151. The molecular weight excluding hydrogens is 444 g/mol. The van der Waals surface area contributed by atoms with Crippen molar-refractivity contribution in [1.82, 2.24) is 5.32 Å². The largest absolute Gasteiger partial charge is 0.461 e. The number of hydrogen-bond acceptors (Lipinski definition) is 7. The van der Waals surface area contributed by atoms with Crippen molar-refractivity contribution in [2.45, 2.75) is 12.5 Å². The van der Waals surface area contributed by atoms with Crippen molar-refractivity contribution in [3.05, 3.63) is 54.1 Å². The fourth-order valence-corrected chi connectivity index (χ4v) is 3.65. The van der Waals surface area contributed by atoms with Gasteiger partial charge < -0.3 is 20.1 Å². The first kappa shape index (κ1) is 24.6. The van der Waals surface area contributed by atoms with Gasteiger partial charge in [-0.2, -0.15) is 0 Å². The molecule has 2 rings (SSSR count). The van der Waals surface area contributed by atoms with E-state index in [4.69, 9.17) is 21.1 Å². The van der Waals surface area contributed by atoms with Gasteiger partial charge in [-0.05, 0) is 30.5 Å². The zero-order chi connectivity index (χ0) is 23.0. The molecule has 1 aliphatic heterocycles. The van der Waals surface area contributed by atoms with E-state index in [1.165, 1.54) is 24.3 Å². The van der Waals surface area contributed by atoms with E-state index in [2.05, 4.69) is 36.4 Å². The number of thiol groups is 1. The number of carbonyl (C=O) groups is 4. The number of ether oxygens (including phenoxy) is 2. The lowest BCUT2D eigenvalue weighted by Gasteiger charge is -2.18. The molecule has 1 saturated heterocycles. The number of anilines is 1.